The number of carbonyl (C=O) groups excluding carboxylic acids is 1. The molecule has 0 spiro atoms. The average molecular weight is 541 g/mol. The molecule has 1 aliphatic rings. The first-order valence-electron chi connectivity index (χ1n) is 13.8. The zero-order valence-electron chi connectivity index (χ0n) is 24.4. The predicted octanol–water partition coefficient (Wildman–Crippen LogP) is 6.34. The Hall–Kier alpha value is -1.58. The van der Waals surface area contributed by atoms with Crippen molar-refractivity contribution >= 4 is 33.3 Å². The summed E-state index contributed by atoms with van der Waals surface area (Å²) in [6.07, 6.45) is 1.99. The Balaban J connectivity index is 1.84. The van der Waals surface area contributed by atoms with Crippen molar-refractivity contribution in [3.8, 4) is 0 Å². The highest BCUT2D eigenvalue weighted by atomic mass is 28.4. The molecule has 6 heteroatoms. The summed E-state index contributed by atoms with van der Waals surface area (Å²) < 4.78 is 20.2. The topological polar surface area (TPSA) is 44.8 Å². The number of hydrogen-bond acceptors (Lipinski definition) is 4. The predicted molar refractivity (Wildman–Crippen MR) is 159 cm³/mol. The summed E-state index contributed by atoms with van der Waals surface area (Å²) in [7, 11) is -4.58. The standard InChI is InChI=1S/C31H48O4Si2/c1-24-28(35-36(8,9)30(2,3)4)22-25(34-29(24)23-32)20-21-33-37(31(5,6)7,26-16-12-10-13-17-26)27-18-14-11-15-19-27/h10-19,23-25,28-29H,20-22H2,1-9H3/t24-,25+,28+,29-/m1/s1. The smallest absolute Gasteiger partial charge is 0.261 e. The van der Waals surface area contributed by atoms with Crippen LogP contribution in [-0.2, 0) is 18.4 Å². The van der Waals surface area contributed by atoms with E-state index in [0.29, 0.717) is 6.61 Å². The van der Waals surface area contributed by atoms with Gasteiger partial charge >= 0.3 is 0 Å². The summed E-state index contributed by atoms with van der Waals surface area (Å²) in [5.41, 5.74) is 0. The molecule has 3 rings (SSSR count). The van der Waals surface area contributed by atoms with Gasteiger partial charge in [-0.15, -0.1) is 0 Å². The van der Waals surface area contributed by atoms with Crippen LogP contribution in [0.25, 0.3) is 0 Å². The minimum absolute atomic E-state index is 0.0164. The van der Waals surface area contributed by atoms with Crippen LogP contribution in [0.4, 0.5) is 0 Å². The maximum atomic E-state index is 12.0. The molecular weight excluding hydrogens is 493 g/mol. The number of benzene rings is 2. The molecule has 1 heterocycles. The van der Waals surface area contributed by atoms with Crippen LogP contribution in [0.3, 0.4) is 0 Å². The third-order valence-electron chi connectivity index (χ3n) is 8.51. The van der Waals surface area contributed by atoms with Gasteiger partial charge in [0.2, 0.25) is 0 Å². The largest absolute Gasteiger partial charge is 0.413 e. The summed E-state index contributed by atoms with van der Waals surface area (Å²) in [6.45, 7) is 20.9. The minimum Gasteiger partial charge on any atom is -0.413 e. The first-order valence-corrected chi connectivity index (χ1v) is 18.6. The average Bonchev–Trinajstić information content (AvgIpc) is 2.83. The van der Waals surface area contributed by atoms with Crippen LogP contribution in [0.1, 0.15) is 61.3 Å². The van der Waals surface area contributed by atoms with Gasteiger partial charge < -0.3 is 18.4 Å². The first-order chi connectivity index (χ1) is 17.2. The van der Waals surface area contributed by atoms with E-state index in [2.05, 4.69) is 122 Å². The highest BCUT2D eigenvalue weighted by Crippen LogP contribution is 2.41. The molecule has 0 aliphatic carbocycles. The third-order valence-corrected chi connectivity index (χ3v) is 18.1. The van der Waals surface area contributed by atoms with Crippen LogP contribution in [0.5, 0.6) is 0 Å². The lowest BCUT2D eigenvalue weighted by Gasteiger charge is -2.46. The van der Waals surface area contributed by atoms with Crippen LogP contribution < -0.4 is 10.4 Å². The molecule has 0 radical (unpaired) electrons. The second kappa shape index (κ2) is 11.7. The normalized spacial score (nSPS) is 23.6. The van der Waals surface area contributed by atoms with E-state index in [-0.39, 0.29) is 28.2 Å². The summed E-state index contributed by atoms with van der Waals surface area (Å²) in [6, 6.07) is 21.4. The Bertz CT molecular complexity index is 956. The van der Waals surface area contributed by atoms with Gasteiger partial charge in [0.1, 0.15) is 12.4 Å². The Labute approximate surface area is 227 Å². The molecule has 204 valence electrons. The molecule has 0 saturated carbocycles. The van der Waals surface area contributed by atoms with Gasteiger partial charge in [-0.25, -0.2) is 0 Å². The fourth-order valence-electron chi connectivity index (χ4n) is 5.24. The summed E-state index contributed by atoms with van der Waals surface area (Å²) >= 11 is 0. The second-order valence-electron chi connectivity index (χ2n) is 13.2. The van der Waals surface area contributed by atoms with E-state index >= 15 is 0 Å². The van der Waals surface area contributed by atoms with E-state index in [0.717, 1.165) is 19.1 Å². The van der Waals surface area contributed by atoms with Crippen molar-refractivity contribution in [1.29, 1.82) is 0 Å². The van der Waals surface area contributed by atoms with E-state index in [1.165, 1.54) is 10.4 Å². The molecule has 2 aromatic carbocycles. The van der Waals surface area contributed by atoms with E-state index in [1.54, 1.807) is 0 Å². The van der Waals surface area contributed by atoms with Crippen LogP contribution >= 0.6 is 0 Å². The molecule has 4 nitrogen and oxygen atoms in total. The zero-order valence-corrected chi connectivity index (χ0v) is 26.4. The van der Waals surface area contributed by atoms with Gasteiger partial charge in [0, 0.05) is 12.5 Å². The van der Waals surface area contributed by atoms with Crippen LogP contribution in [0, 0.1) is 5.92 Å². The number of carbonyl (C=O) groups is 1. The quantitative estimate of drug-likeness (QED) is 0.275. The van der Waals surface area contributed by atoms with Crippen molar-refractivity contribution in [2.24, 2.45) is 5.92 Å². The number of aldehydes is 1. The SMILES string of the molecule is C[C@@H]1[C@@H](O[Si](C)(C)C(C)(C)C)C[C@H](CCO[Si](c2ccccc2)(c2ccccc2)C(C)(C)C)O[C@@H]1C=O. The number of ether oxygens (including phenoxy) is 1. The number of rotatable bonds is 9. The van der Waals surface area contributed by atoms with Gasteiger partial charge in [0.15, 0.2) is 8.32 Å². The minimum atomic E-state index is -2.60. The van der Waals surface area contributed by atoms with Gasteiger partial charge in [0.05, 0.1) is 12.2 Å². The van der Waals surface area contributed by atoms with Crippen molar-refractivity contribution in [3.05, 3.63) is 60.7 Å². The van der Waals surface area contributed by atoms with Gasteiger partial charge in [-0.05, 0) is 46.4 Å². The van der Waals surface area contributed by atoms with Crippen LogP contribution in [-0.4, -0.2) is 47.8 Å². The summed E-state index contributed by atoms with van der Waals surface area (Å²) in [5, 5.41) is 2.59. The third kappa shape index (κ3) is 6.53. The fraction of sp³-hybridized carbons (Fsp3) is 0.581. The second-order valence-corrected chi connectivity index (χ2v) is 22.2. The van der Waals surface area contributed by atoms with Gasteiger partial charge in [-0.2, -0.15) is 0 Å². The lowest BCUT2D eigenvalue weighted by Crippen LogP contribution is -2.66. The van der Waals surface area contributed by atoms with Crippen molar-refractivity contribution in [3.63, 3.8) is 0 Å². The first kappa shape index (κ1) is 30.0. The summed E-state index contributed by atoms with van der Waals surface area (Å²) in [4.78, 5) is 12.0. The maximum Gasteiger partial charge on any atom is 0.261 e. The molecule has 0 unspecified atom stereocenters. The van der Waals surface area contributed by atoms with E-state index in [1.807, 2.05) is 0 Å². The van der Waals surface area contributed by atoms with E-state index in [4.69, 9.17) is 13.6 Å². The monoisotopic (exact) mass is 540 g/mol. The molecule has 0 amide bonds. The molecule has 1 aliphatic heterocycles. The lowest BCUT2D eigenvalue weighted by atomic mass is 9.90. The maximum absolute atomic E-state index is 12.0. The molecule has 4 atom stereocenters. The highest BCUT2D eigenvalue weighted by molar-refractivity contribution is 6.99. The Morgan fingerprint density at radius 1 is 0.892 bits per heavy atom. The lowest BCUT2D eigenvalue weighted by molar-refractivity contribution is -0.148. The zero-order chi connectivity index (χ0) is 27.5. The molecule has 37 heavy (non-hydrogen) atoms. The Morgan fingerprint density at radius 3 is 1.84 bits per heavy atom. The Morgan fingerprint density at radius 2 is 1.41 bits per heavy atom. The molecular formula is C31H48O4Si2. The molecule has 2 aromatic rings. The van der Waals surface area contributed by atoms with Crippen LogP contribution in [0.15, 0.2) is 60.7 Å². The van der Waals surface area contributed by atoms with E-state index in [9.17, 15) is 4.79 Å². The molecule has 0 bridgehead atoms. The van der Waals surface area contributed by atoms with Crippen molar-refractivity contribution in [2.45, 2.75) is 103 Å². The molecule has 1 saturated heterocycles. The highest BCUT2D eigenvalue weighted by Gasteiger charge is 2.50. The van der Waals surface area contributed by atoms with Gasteiger partial charge in [-0.3, -0.25) is 0 Å². The van der Waals surface area contributed by atoms with Crippen molar-refractivity contribution in [1.82, 2.24) is 0 Å². The Kier molecular flexibility index (Phi) is 9.45. The van der Waals surface area contributed by atoms with Gasteiger partial charge in [-0.1, -0.05) is 109 Å². The number of hydrogen-bond donors (Lipinski definition) is 0. The molecule has 1 fully saturated rings. The molecule has 0 N–H and O–H groups in total. The van der Waals surface area contributed by atoms with Crippen molar-refractivity contribution < 1.29 is 18.4 Å². The summed E-state index contributed by atoms with van der Waals surface area (Å²) in [5.74, 6) is 0.0421. The molecule has 0 aromatic heterocycles. The fourth-order valence-corrected chi connectivity index (χ4v) is 11.2. The van der Waals surface area contributed by atoms with Crippen molar-refractivity contribution in [2.75, 3.05) is 6.61 Å². The van der Waals surface area contributed by atoms with Crippen LogP contribution in [0.2, 0.25) is 23.2 Å². The van der Waals surface area contributed by atoms with E-state index < -0.39 is 22.7 Å². The van der Waals surface area contributed by atoms with Gasteiger partial charge in [0.25, 0.3) is 8.32 Å².